The molecule has 0 radical (unpaired) electrons. The lowest BCUT2D eigenvalue weighted by Crippen LogP contribution is -2.49. The second kappa shape index (κ2) is 7.17. The molecule has 116 valence electrons. The fraction of sp³-hybridized carbons (Fsp3) is 0.250. The van der Waals surface area contributed by atoms with E-state index in [-0.39, 0.29) is 4.90 Å². The first-order valence-electron chi connectivity index (χ1n) is 7.12. The molecule has 1 amide bonds. The van der Waals surface area contributed by atoms with Crippen LogP contribution in [0.5, 0.6) is 0 Å². The lowest BCUT2D eigenvalue weighted by molar-refractivity contribution is -0.710. The molecule has 0 aliphatic carbocycles. The van der Waals surface area contributed by atoms with Crippen molar-refractivity contribution in [2.24, 2.45) is 0 Å². The average molecular weight is 319 g/mol. The smallest absolute Gasteiger partial charge is 0.266 e. The summed E-state index contributed by atoms with van der Waals surface area (Å²) in [5, 5.41) is 0. The van der Waals surface area contributed by atoms with Gasteiger partial charge < -0.3 is 0 Å². The molecule has 0 saturated heterocycles. The van der Waals surface area contributed by atoms with Gasteiger partial charge in [0, 0.05) is 18.6 Å². The van der Waals surface area contributed by atoms with Gasteiger partial charge in [-0.05, 0) is 18.6 Å². The Morgan fingerprint density at radius 1 is 1.09 bits per heavy atom. The molecule has 0 aliphatic heterocycles. The molecule has 0 aliphatic rings. The second-order valence-corrected chi connectivity index (χ2v) is 6.59. The molecule has 0 saturated carbocycles. The van der Waals surface area contributed by atoms with Crippen LogP contribution in [0.25, 0.3) is 0 Å². The number of rotatable bonds is 6. The van der Waals surface area contributed by atoms with E-state index in [1.165, 1.54) is 12.1 Å². The lowest BCUT2D eigenvalue weighted by atomic mass is 10.1. The van der Waals surface area contributed by atoms with E-state index in [1.54, 1.807) is 35.2 Å². The number of sulfonamides is 1. The van der Waals surface area contributed by atoms with E-state index in [2.05, 4.69) is 4.72 Å². The van der Waals surface area contributed by atoms with Crippen LogP contribution in [0.4, 0.5) is 0 Å². The van der Waals surface area contributed by atoms with Crippen molar-refractivity contribution in [3.05, 3.63) is 60.9 Å². The van der Waals surface area contributed by atoms with Gasteiger partial charge >= 0.3 is 5.91 Å². The lowest BCUT2D eigenvalue weighted by Gasteiger charge is -2.12. The van der Waals surface area contributed by atoms with Gasteiger partial charge in [-0.1, -0.05) is 31.2 Å². The number of hydrogen-bond acceptors (Lipinski definition) is 3. The number of pyridine rings is 1. The molecule has 1 aromatic heterocycles. The third kappa shape index (κ3) is 3.92. The predicted molar refractivity (Wildman–Crippen MR) is 82.4 cm³/mol. The van der Waals surface area contributed by atoms with E-state index in [0.717, 1.165) is 6.42 Å². The van der Waals surface area contributed by atoms with Crippen molar-refractivity contribution in [2.75, 3.05) is 0 Å². The maximum Gasteiger partial charge on any atom is 0.302 e. The molecule has 2 aromatic rings. The van der Waals surface area contributed by atoms with Gasteiger partial charge in [-0.2, -0.15) is 4.57 Å². The van der Waals surface area contributed by atoms with Crippen molar-refractivity contribution < 1.29 is 17.8 Å². The summed E-state index contributed by atoms with van der Waals surface area (Å²) in [5.74, 6) is -0.526. The van der Waals surface area contributed by atoms with Crippen molar-refractivity contribution in [3.63, 3.8) is 0 Å². The van der Waals surface area contributed by atoms with E-state index < -0.39 is 22.0 Å². The highest BCUT2D eigenvalue weighted by molar-refractivity contribution is 7.90. The Morgan fingerprint density at radius 3 is 2.27 bits per heavy atom. The molecule has 0 bridgehead atoms. The Labute approximate surface area is 130 Å². The number of aromatic nitrogens is 1. The maximum absolute atomic E-state index is 12.4. The van der Waals surface area contributed by atoms with Crippen LogP contribution in [0.3, 0.4) is 0 Å². The van der Waals surface area contributed by atoms with Crippen molar-refractivity contribution in [1.82, 2.24) is 4.72 Å². The first-order valence-corrected chi connectivity index (χ1v) is 8.60. The Kier molecular flexibility index (Phi) is 5.27. The van der Waals surface area contributed by atoms with E-state index in [0.29, 0.717) is 6.42 Å². The Balaban J connectivity index is 2.22. The van der Waals surface area contributed by atoms with Crippen LogP contribution in [-0.2, 0) is 14.8 Å². The van der Waals surface area contributed by atoms with E-state index >= 15 is 0 Å². The summed E-state index contributed by atoms with van der Waals surface area (Å²) in [6, 6.07) is 12.8. The minimum atomic E-state index is -3.84. The minimum absolute atomic E-state index is 0.0802. The first kappa shape index (κ1) is 16.2. The zero-order chi connectivity index (χ0) is 16.0. The molecule has 0 fully saturated rings. The van der Waals surface area contributed by atoms with Gasteiger partial charge in [-0.25, -0.2) is 13.1 Å². The largest absolute Gasteiger partial charge is 0.302 e. The number of amides is 1. The Hall–Kier alpha value is -2.21. The highest BCUT2D eigenvalue weighted by Gasteiger charge is 2.30. The molecule has 5 nitrogen and oxygen atoms in total. The van der Waals surface area contributed by atoms with Crippen LogP contribution >= 0.6 is 0 Å². The van der Waals surface area contributed by atoms with Crippen molar-refractivity contribution in [2.45, 2.75) is 30.7 Å². The van der Waals surface area contributed by atoms with Crippen LogP contribution in [0, 0.1) is 0 Å². The molecule has 1 atom stereocenters. The standard InChI is InChI=1S/C16H18N2O3S/c1-2-9-15(18-12-7-4-8-13-18)16(19)17-22(20,21)14-10-5-3-6-11-14/h3-8,10-13,15H,2,9H2,1H3/p+1/t15-/m0/s1. The summed E-state index contributed by atoms with van der Waals surface area (Å²) in [7, 11) is -3.84. The zero-order valence-electron chi connectivity index (χ0n) is 12.3. The van der Waals surface area contributed by atoms with E-state index in [4.69, 9.17) is 0 Å². The second-order valence-electron chi connectivity index (χ2n) is 4.91. The summed E-state index contributed by atoms with van der Waals surface area (Å²) in [4.78, 5) is 12.5. The van der Waals surface area contributed by atoms with Gasteiger partial charge in [0.05, 0.1) is 4.90 Å². The first-order chi connectivity index (χ1) is 10.5. The average Bonchev–Trinajstić information content (AvgIpc) is 2.54. The molecule has 6 heteroatoms. The van der Waals surface area contributed by atoms with Crippen LogP contribution in [0.2, 0.25) is 0 Å². The zero-order valence-corrected chi connectivity index (χ0v) is 13.2. The van der Waals surface area contributed by atoms with Crippen molar-refractivity contribution >= 4 is 15.9 Å². The predicted octanol–water partition coefficient (Wildman–Crippen LogP) is 1.82. The number of hydrogen-bond donors (Lipinski definition) is 1. The molecule has 1 aromatic carbocycles. The summed E-state index contributed by atoms with van der Waals surface area (Å²) >= 11 is 0. The number of benzene rings is 1. The fourth-order valence-corrected chi connectivity index (χ4v) is 3.20. The molecular weight excluding hydrogens is 300 g/mol. The van der Waals surface area contributed by atoms with Gasteiger partial charge in [-0.15, -0.1) is 0 Å². The van der Waals surface area contributed by atoms with E-state index in [1.807, 2.05) is 25.1 Å². The number of nitrogens with one attached hydrogen (secondary N) is 1. The van der Waals surface area contributed by atoms with Crippen LogP contribution in [0.1, 0.15) is 25.8 Å². The summed E-state index contributed by atoms with van der Waals surface area (Å²) in [6.07, 6.45) is 4.85. The monoisotopic (exact) mass is 319 g/mol. The number of carbonyl (C=O) groups excluding carboxylic acids is 1. The minimum Gasteiger partial charge on any atom is -0.266 e. The molecule has 1 N–H and O–H groups in total. The Bertz CT molecular complexity index is 716. The fourth-order valence-electron chi connectivity index (χ4n) is 2.17. The molecule has 0 unspecified atom stereocenters. The quantitative estimate of drug-likeness (QED) is 0.826. The Morgan fingerprint density at radius 2 is 1.68 bits per heavy atom. The third-order valence-electron chi connectivity index (χ3n) is 3.25. The number of carbonyl (C=O) groups is 1. The van der Waals surface area contributed by atoms with Crippen LogP contribution < -0.4 is 9.29 Å². The van der Waals surface area contributed by atoms with Crippen molar-refractivity contribution in [3.8, 4) is 0 Å². The van der Waals surface area contributed by atoms with Crippen LogP contribution in [0.15, 0.2) is 65.8 Å². The highest BCUT2D eigenvalue weighted by Crippen LogP contribution is 2.11. The van der Waals surface area contributed by atoms with Gasteiger partial charge in [0.15, 0.2) is 12.4 Å². The summed E-state index contributed by atoms with van der Waals surface area (Å²) < 4.78 is 28.4. The SMILES string of the molecule is CCC[C@@H](C(=O)NS(=O)(=O)c1ccccc1)[n+]1ccccc1. The van der Waals surface area contributed by atoms with Crippen LogP contribution in [-0.4, -0.2) is 14.3 Å². The van der Waals surface area contributed by atoms with Gasteiger partial charge in [0.1, 0.15) is 0 Å². The molecular formula is C16H19N2O3S+. The normalized spacial score (nSPS) is 12.6. The van der Waals surface area contributed by atoms with Crippen molar-refractivity contribution in [1.29, 1.82) is 0 Å². The highest BCUT2D eigenvalue weighted by atomic mass is 32.2. The third-order valence-corrected chi connectivity index (χ3v) is 4.61. The van der Waals surface area contributed by atoms with Gasteiger partial charge in [0.25, 0.3) is 10.0 Å². The molecule has 22 heavy (non-hydrogen) atoms. The summed E-state index contributed by atoms with van der Waals surface area (Å²) in [5.41, 5.74) is 0. The summed E-state index contributed by atoms with van der Waals surface area (Å²) in [6.45, 7) is 1.95. The maximum atomic E-state index is 12.4. The molecule has 2 rings (SSSR count). The topological polar surface area (TPSA) is 67.1 Å². The number of nitrogens with zero attached hydrogens (tertiary/aromatic N) is 1. The van der Waals surface area contributed by atoms with Gasteiger partial charge in [0.2, 0.25) is 6.04 Å². The molecule has 1 heterocycles. The van der Waals surface area contributed by atoms with Gasteiger partial charge in [-0.3, -0.25) is 4.79 Å². The van der Waals surface area contributed by atoms with E-state index in [9.17, 15) is 13.2 Å². The molecule has 0 spiro atoms.